The number of aliphatic hydroxyl groups is 2. The summed E-state index contributed by atoms with van der Waals surface area (Å²) in [6.07, 6.45) is -0.231. The van der Waals surface area contributed by atoms with Gasteiger partial charge < -0.3 is 20.0 Å². The van der Waals surface area contributed by atoms with E-state index in [1.54, 1.807) is 6.92 Å². The van der Waals surface area contributed by atoms with Crippen molar-refractivity contribution in [2.45, 2.75) is 13.0 Å². The van der Waals surface area contributed by atoms with E-state index in [2.05, 4.69) is 4.99 Å². The van der Waals surface area contributed by atoms with Crippen LogP contribution in [0.3, 0.4) is 0 Å². The number of nitrogens with zero attached hydrogens (tertiary/aromatic N) is 1. The number of hydrogen-bond donors (Lipinski definition) is 2. The first kappa shape index (κ1) is 8.23. The monoisotopic (exact) mass is 156 g/mol. The summed E-state index contributed by atoms with van der Waals surface area (Å²) >= 11 is 0. The summed E-state index contributed by atoms with van der Waals surface area (Å²) in [5.74, 6) is -0.639. The largest absolute Gasteiger partial charge is 0.446 e. The van der Waals surface area contributed by atoms with Crippen molar-refractivity contribution < 1.29 is 15.0 Å². The van der Waals surface area contributed by atoms with Gasteiger partial charge in [-0.1, -0.05) is 13.0 Å². The van der Waals surface area contributed by atoms with E-state index >= 15 is 0 Å². The number of carbonyl (C=O) groups excluding carboxylic acids is 1. The van der Waals surface area contributed by atoms with Crippen molar-refractivity contribution in [3.63, 3.8) is 0 Å². The van der Waals surface area contributed by atoms with E-state index in [-0.39, 0.29) is 6.61 Å². The van der Waals surface area contributed by atoms with Crippen LogP contribution >= 0.6 is 0 Å². The van der Waals surface area contributed by atoms with Crippen LogP contribution in [0, 0.1) is 12.0 Å². The number of rotatable bonds is 2. The van der Waals surface area contributed by atoms with E-state index in [9.17, 15) is 9.90 Å². The van der Waals surface area contributed by atoms with Crippen LogP contribution in [-0.2, 0) is 4.79 Å². The van der Waals surface area contributed by atoms with Crippen LogP contribution in [0.1, 0.15) is 6.92 Å². The smallest absolute Gasteiger partial charge is 0.113 e. The van der Waals surface area contributed by atoms with Crippen LogP contribution < -0.4 is 0 Å². The summed E-state index contributed by atoms with van der Waals surface area (Å²) in [5, 5.41) is 18.0. The van der Waals surface area contributed by atoms with Crippen molar-refractivity contribution in [1.29, 1.82) is 0 Å². The minimum atomic E-state index is -0.838. The first-order chi connectivity index (χ1) is 5.20. The van der Waals surface area contributed by atoms with Gasteiger partial charge in [-0.2, -0.15) is 0 Å². The van der Waals surface area contributed by atoms with Gasteiger partial charge in [0.2, 0.25) is 0 Å². The zero-order valence-electron chi connectivity index (χ0n) is 6.19. The third-order valence-corrected chi connectivity index (χ3v) is 1.78. The van der Waals surface area contributed by atoms with Crippen LogP contribution in [0.5, 0.6) is 0 Å². The van der Waals surface area contributed by atoms with E-state index in [0.29, 0.717) is 18.0 Å². The maximum absolute atomic E-state index is 10.4. The van der Waals surface area contributed by atoms with Crippen LogP contribution in [0.4, 0.5) is 0 Å². The fraction of sp³-hybridized carbons (Fsp3) is 0.571. The molecule has 0 aliphatic carbocycles. The van der Waals surface area contributed by atoms with Crippen molar-refractivity contribution in [3.8, 4) is 0 Å². The number of hydrogen-bond acceptors (Lipinski definition) is 4. The van der Waals surface area contributed by atoms with Gasteiger partial charge >= 0.3 is 0 Å². The average Bonchev–Trinajstić information content (AvgIpc) is 2.28. The molecule has 4 nitrogen and oxygen atoms in total. The first-order valence-corrected chi connectivity index (χ1v) is 3.35. The zero-order chi connectivity index (χ0) is 8.43. The van der Waals surface area contributed by atoms with E-state index in [1.165, 1.54) is 0 Å². The molecule has 11 heavy (non-hydrogen) atoms. The van der Waals surface area contributed by atoms with Crippen molar-refractivity contribution >= 4 is 12.0 Å². The summed E-state index contributed by atoms with van der Waals surface area (Å²) in [6.45, 7) is 1.36. The molecule has 0 saturated carbocycles. The molecule has 2 atom stereocenters. The molecule has 2 N–H and O–H groups in total. The Labute approximate surface area is 64.6 Å². The molecule has 0 saturated heterocycles. The molecule has 0 radical (unpaired) electrons. The van der Waals surface area contributed by atoms with Gasteiger partial charge in [-0.25, -0.2) is 0 Å². The Morgan fingerprint density at radius 2 is 2.45 bits per heavy atom. The van der Waals surface area contributed by atoms with Gasteiger partial charge in [-0.3, -0.25) is 0 Å². The average molecular weight is 156 g/mol. The van der Waals surface area contributed by atoms with Crippen LogP contribution in [0.2, 0.25) is 0 Å². The topological polar surface area (TPSA) is 69.9 Å². The number of aldehydes is 1. The molecule has 0 bridgehead atoms. The molecule has 0 amide bonds. The molecule has 0 aromatic carbocycles. The molecule has 0 spiro atoms. The molecule has 1 aliphatic heterocycles. The standard InChI is InChI=1S/C7H10NO3/c1-4-7(11)5(2-9)6(3-10)8-4/h2,5,7,10-11H,3H2,1H3/q-1. The van der Waals surface area contributed by atoms with Gasteiger partial charge in [-0.15, -0.1) is 5.71 Å². The Balaban J connectivity index is 2.75. The molecule has 0 fully saturated rings. The van der Waals surface area contributed by atoms with Crippen LogP contribution in [0.15, 0.2) is 4.99 Å². The molecular weight excluding hydrogens is 146 g/mol. The highest BCUT2D eigenvalue weighted by molar-refractivity contribution is 5.93. The van der Waals surface area contributed by atoms with Crippen LogP contribution in [-0.4, -0.2) is 34.9 Å². The van der Waals surface area contributed by atoms with Crippen molar-refractivity contribution in [3.05, 3.63) is 6.04 Å². The number of aliphatic hydroxyl groups excluding tert-OH is 2. The number of carbonyl (C=O) groups is 1. The summed E-state index contributed by atoms with van der Waals surface area (Å²) < 4.78 is 0. The number of aliphatic imine (C=N–C) groups is 1. The van der Waals surface area contributed by atoms with Crippen molar-refractivity contribution in [2.24, 2.45) is 10.9 Å². The van der Waals surface area contributed by atoms with E-state index < -0.39 is 12.0 Å². The van der Waals surface area contributed by atoms with Gasteiger partial charge in [0.15, 0.2) is 0 Å². The van der Waals surface area contributed by atoms with Gasteiger partial charge in [0, 0.05) is 18.6 Å². The second kappa shape index (κ2) is 3.02. The van der Waals surface area contributed by atoms with Crippen LogP contribution in [0.25, 0.3) is 0 Å². The predicted molar refractivity (Wildman–Crippen MR) is 39.0 cm³/mol. The Kier molecular flexibility index (Phi) is 2.26. The molecule has 1 rings (SSSR count). The van der Waals surface area contributed by atoms with E-state index in [0.717, 1.165) is 0 Å². The van der Waals surface area contributed by atoms with Gasteiger partial charge in [0.25, 0.3) is 0 Å². The van der Waals surface area contributed by atoms with E-state index in [1.807, 2.05) is 0 Å². The highest BCUT2D eigenvalue weighted by Crippen LogP contribution is 2.25. The Bertz CT molecular complexity index is 190. The summed E-state index contributed by atoms with van der Waals surface area (Å²) in [5.41, 5.74) is 0.492. The molecule has 1 heterocycles. The SMILES string of the molecule is CC1=N[C-](CO)C(C=O)C1O. The lowest BCUT2D eigenvalue weighted by Gasteiger charge is -2.20. The molecule has 4 heteroatoms. The van der Waals surface area contributed by atoms with Gasteiger partial charge in [0.05, 0.1) is 0 Å². The summed E-state index contributed by atoms with van der Waals surface area (Å²) in [6, 6.07) is 0.352. The van der Waals surface area contributed by atoms with Crippen molar-refractivity contribution in [2.75, 3.05) is 6.61 Å². The third-order valence-electron chi connectivity index (χ3n) is 1.78. The maximum atomic E-state index is 10.4. The lowest BCUT2D eigenvalue weighted by Crippen LogP contribution is -2.26. The second-order valence-electron chi connectivity index (χ2n) is 2.51. The maximum Gasteiger partial charge on any atom is 0.113 e. The van der Waals surface area contributed by atoms with Gasteiger partial charge in [0.1, 0.15) is 6.29 Å². The molecule has 0 aromatic rings. The van der Waals surface area contributed by atoms with Crippen molar-refractivity contribution in [1.82, 2.24) is 0 Å². The molecule has 2 unspecified atom stereocenters. The molecular formula is C7H10NO3-. The molecule has 0 aromatic heterocycles. The predicted octanol–water partition coefficient (Wildman–Crippen LogP) is -0.839. The fourth-order valence-corrected chi connectivity index (χ4v) is 1.10. The highest BCUT2D eigenvalue weighted by Gasteiger charge is 2.24. The second-order valence-corrected chi connectivity index (χ2v) is 2.51. The Hall–Kier alpha value is -0.870. The lowest BCUT2D eigenvalue weighted by atomic mass is 9.98. The fourth-order valence-electron chi connectivity index (χ4n) is 1.10. The highest BCUT2D eigenvalue weighted by atomic mass is 16.3. The quantitative estimate of drug-likeness (QED) is 0.404. The first-order valence-electron chi connectivity index (χ1n) is 3.35. The minimum absolute atomic E-state index is 0.266. The zero-order valence-corrected chi connectivity index (χ0v) is 6.19. The summed E-state index contributed by atoms with van der Waals surface area (Å²) in [4.78, 5) is 14.2. The lowest BCUT2D eigenvalue weighted by molar-refractivity contribution is -0.112. The minimum Gasteiger partial charge on any atom is -0.446 e. The molecule has 62 valence electrons. The molecule has 1 aliphatic rings. The van der Waals surface area contributed by atoms with Gasteiger partial charge in [-0.05, 0) is 0 Å². The van der Waals surface area contributed by atoms with E-state index in [4.69, 9.17) is 5.11 Å². The normalized spacial score (nSPS) is 30.5. The Morgan fingerprint density at radius 3 is 2.82 bits per heavy atom. The summed E-state index contributed by atoms with van der Waals surface area (Å²) in [7, 11) is 0. The third kappa shape index (κ3) is 1.27. The Morgan fingerprint density at radius 1 is 1.82 bits per heavy atom.